The monoisotopic (exact) mass is 232 g/mol. The number of benzene rings is 1. The zero-order valence-electron chi connectivity index (χ0n) is 10.3. The normalized spacial score (nSPS) is 11.3. The molecule has 0 aliphatic heterocycles. The third-order valence-electron chi connectivity index (χ3n) is 2.98. The van der Waals surface area contributed by atoms with Gasteiger partial charge in [0.25, 0.3) is 0 Å². The molecule has 1 aromatic carbocycles. The summed E-state index contributed by atoms with van der Waals surface area (Å²) >= 11 is 0. The predicted octanol–water partition coefficient (Wildman–Crippen LogP) is 1.83. The van der Waals surface area contributed by atoms with E-state index >= 15 is 0 Å². The first-order valence-electron chi connectivity index (χ1n) is 5.81. The van der Waals surface area contributed by atoms with Gasteiger partial charge in [-0.1, -0.05) is 19.9 Å². The molecule has 0 saturated heterocycles. The molecule has 0 atom stereocenters. The molecule has 1 heterocycles. The molecule has 0 bridgehead atoms. The summed E-state index contributed by atoms with van der Waals surface area (Å²) in [5.41, 5.74) is 1.61. The van der Waals surface area contributed by atoms with E-state index < -0.39 is 11.1 Å². The number of nitrogens with one attached hydrogen (secondary N) is 1. The van der Waals surface area contributed by atoms with Crippen LogP contribution in [0.2, 0.25) is 0 Å². The SMILES string of the molecule is CCn1c(=O)c(=O)[nH]c2cc(C(C)C)ccc21. The van der Waals surface area contributed by atoms with Crippen LogP contribution in [0.25, 0.3) is 11.0 Å². The molecule has 0 aliphatic carbocycles. The van der Waals surface area contributed by atoms with Crippen molar-refractivity contribution in [3.05, 3.63) is 44.5 Å². The molecule has 0 aliphatic rings. The average Bonchev–Trinajstić information content (AvgIpc) is 2.30. The first-order valence-corrected chi connectivity index (χ1v) is 5.81. The Morgan fingerprint density at radius 3 is 2.59 bits per heavy atom. The molecule has 0 unspecified atom stereocenters. The van der Waals surface area contributed by atoms with Gasteiger partial charge in [0.05, 0.1) is 11.0 Å². The maximum Gasteiger partial charge on any atom is 0.316 e. The lowest BCUT2D eigenvalue weighted by Crippen LogP contribution is -2.36. The van der Waals surface area contributed by atoms with Crippen LogP contribution in [0.15, 0.2) is 27.8 Å². The van der Waals surface area contributed by atoms with Gasteiger partial charge >= 0.3 is 11.1 Å². The van der Waals surface area contributed by atoms with Crippen molar-refractivity contribution in [3.63, 3.8) is 0 Å². The highest BCUT2D eigenvalue weighted by molar-refractivity contribution is 5.75. The van der Waals surface area contributed by atoms with Gasteiger partial charge in [0.2, 0.25) is 0 Å². The van der Waals surface area contributed by atoms with Crippen molar-refractivity contribution in [2.24, 2.45) is 0 Å². The van der Waals surface area contributed by atoms with Crippen molar-refractivity contribution in [1.29, 1.82) is 0 Å². The van der Waals surface area contributed by atoms with Gasteiger partial charge in [0, 0.05) is 6.54 Å². The van der Waals surface area contributed by atoms with Crippen LogP contribution in [0.3, 0.4) is 0 Å². The molecule has 0 spiro atoms. The molecule has 4 nitrogen and oxygen atoms in total. The van der Waals surface area contributed by atoms with Gasteiger partial charge in [-0.15, -0.1) is 0 Å². The number of aromatic nitrogens is 2. The number of aromatic amines is 1. The van der Waals surface area contributed by atoms with Crippen molar-refractivity contribution >= 4 is 11.0 Å². The highest BCUT2D eigenvalue weighted by atomic mass is 16.2. The van der Waals surface area contributed by atoms with Crippen molar-refractivity contribution in [2.45, 2.75) is 33.2 Å². The molecule has 0 saturated carbocycles. The summed E-state index contributed by atoms with van der Waals surface area (Å²) in [4.78, 5) is 25.8. The Bertz CT molecular complexity index is 665. The van der Waals surface area contributed by atoms with Gasteiger partial charge in [-0.3, -0.25) is 9.59 Å². The van der Waals surface area contributed by atoms with Crippen molar-refractivity contribution in [2.75, 3.05) is 0 Å². The molecule has 2 aromatic rings. The van der Waals surface area contributed by atoms with Crippen molar-refractivity contribution in [1.82, 2.24) is 9.55 Å². The van der Waals surface area contributed by atoms with Gasteiger partial charge in [-0.25, -0.2) is 0 Å². The van der Waals surface area contributed by atoms with Crippen LogP contribution in [-0.4, -0.2) is 9.55 Å². The fourth-order valence-electron chi connectivity index (χ4n) is 1.97. The summed E-state index contributed by atoms with van der Waals surface area (Å²) in [5.74, 6) is 0.393. The van der Waals surface area contributed by atoms with Gasteiger partial charge in [-0.05, 0) is 30.5 Å². The molecular formula is C13H16N2O2. The van der Waals surface area contributed by atoms with Crippen molar-refractivity contribution < 1.29 is 0 Å². The Morgan fingerprint density at radius 2 is 2.00 bits per heavy atom. The zero-order valence-corrected chi connectivity index (χ0v) is 10.3. The minimum atomic E-state index is -0.555. The van der Waals surface area contributed by atoms with Gasteiger partial charge < -0.3 is 9.55 Å². The fourth-order valence-corrected chi connectivity index (χ4v) is 1.97. The Hall–Kier alpha value is -1.84. The molecule has 1 N–H and O–H groups in total. The van der Waals surface area contributed by atoms with E-state index in [9.17, 15) is 9.59 Å². The van der Waals surface area contributed by atoms with E-state index in [0.717, 1.165) is 16.6 Å². The Balaban J connectivity index is 2.86. The third-order valence-corrected chi connectivity index (χ3v) is 2.98. The Kier molecular flexibility index (Phi) is 2.88. The Morgan fingerprint density at radius 1 is 1.29 bits per heavy atom. The second kappa shape index (κ2) is 4.20. The summed E-state index contributed by atoms with van der Waals surface area (Å²) in [7, 11) is 0. The van der Waals surface area contributed by atoms with E-state index in [1.165, 1.54) is 4.57 Å². The highest BCUT2D eigenvalue weighted by Crippen LogP contribution is 2.18. The second-order valence-electron chi connectivity index (χ2n) is 4.43. The minimum absolute atomic E-state index is 0.393. The molecule has 0 amide bonds. The number of hydrogen-bond donors (Lipinski definition) is 1. The number of nitrogens with zero attached hydrogens (tertiary/aromatic N) is 1. The van der Waals surface area contributed by atoms with Crippen LogP contribution in [0, 0.1) is 0 Å². The standard InChI is InChI=1S/C13H16N2O2/c1-4-15-11-6-5-9(8(2)3)7-10(11)14-12(16)13(15)17/h5-8H,4H2,1-3H3,(H,14,16). The van der Waals surface area contributed by atoms with E-state index in [4.69, 9.17) is 0 Å². The first-order chi connectivity index (χ1) is 8.04. The quantitative estimate of drug-likeness (QED) is 0.803. The van der Waals surface area contributed by atoms with Crippen molar-refractivity contribution in [3.8, 4) is 0 Å². The smallest absolute Gasteiger partial charge is 0.316 e. The van der Waals surface area contributed by atoms with Gasteiger partial charge in [0.1, 0.15) is 0 Å². The Labute approximate surface area is 98.9 Å². The molecule has 1 aromatic heterocycles. The maximum absolute atomic E-state index is 11.7. The summed E-state index contributed by atoms with van der Waals surface area (Å²) in [5, 5.41) is 0. The third kappa shape index (κ3) is 1.90. The number of aryl methyl sites for hydroxylation is 1. The summed E-state index contributed by atoms with van der Waals surface area (Å²) in [6.45, 7) is 6.54. The minimum Gasteiger partial charge on any atom is -0.316 e. The van der Waals surface area contributed by atoms with Crippen LogP contribution in [0.5, 0.6) is 0 Å². The van der Waals surface area contributed by atoms with Crippen LogP contribution >= 0.6 is 0 Å². The van der Waals surface area contributed by atoms with E-state index in [0.29, 0.717) is 12.5 Å². The molecule has 4 heteroatoms. The van der Waals surface area contributed by atoms with E-state index in [2.05, 4.69) is 18.8 Å². The predicted molar refractivity (Wildman–Crippen MR) is 68.6 cm³/mol. The maximum atomic E-state index is 11.7. The largest absolute Gasteiger partial charge is 0.316 e. The molecule has 0 fully saturated rings. The molecule has 17 heavy (non-hydrogen) atoms. The highest BCUT2D eigenvalue weighted by Gasteiger charge is 2.07. The van der Waals surface area contributed by atoms with Crippen LogP contribution < -0.4 is 11.1 Å². The van der Waals surface area contributed by atoms with Crippen LogP contribution in [-0.2, 0) is 6.54 Å². The number of rotatable bonds is 2. The van der Waals surface area contributed by atoms with E-state index in [1.54, 1.807) is 0 Å². The number of H-pyrrole nitrogens is 1. The van der Waals surface area contributed by atoms with E-state index in [-0.39, 0.29) is 0 Å². The topological polar surface area (TPSA) is 54.9 Å². The molecular weight excluding hydrogens is 216 g/mol. The van der Waals surface area contributed by atoms with Gasteiger partial charge in [0.15, 0.2) is 0 Å². The van der Waals surface area contributed by atoms with Crippen LogP contribution in [0.4, 0.5) is 0 Å². The number of fused-ring (bicyclic) bond motifs is 1. The summed E-state index contributed by atoms with van der Waals surface area (Å²) in [6, 6.07) is 5.83. The first kappa shape index (κ1) is 11.6. The van der Waals surface area contributed by atoms with Gasteiger partial charge in [-0.2, -0.15) is 0 Å². The lowest BCUT2D eigenvalue weighted by atomic mass is 10.0. The lowest BCUT2D eigenvalue weighted by Gasteiger charge is -2.10. The fraction of sp³-hybridized carbons (Fsp3) is 0.385. The average molecular weight is 232 g/mol. The second-order valence-corrected chi connectivity index (χ2v) is 4.43. The molecule has 0 radical (unpaired) electrons. The van der Waals surface area contributed by atoms with E-state index in [1.807, 2.05) is 25.1 Å². The number of hydrogen-bond acceptors (Lipinski definition) is 2. The lowest BCUT2D eigenvalue weighted by molar-refractivity contribution is 0.743. The van der Waals surface area contributed by atoms with Crippen LogP contribution in [0.1, 0.15) is 32.3 Å². The molecule has 2 rings (SSSR count). The summed E-state index contributed by atoms with van der Waals surface area (Å²) in [6.07, 6.45) is 0. The summed E-state index contributed by atoms with van der Waals surface area (Å²) < 4.78 is 1.50. The molecule has 90 valence electrons. The zero-order chi connectivity index (χ0) is 12.6.